The number of likely N-dealkylation sites (N-methyl/N-ethyl adjacent to an activating group) is 1. The highest BCUT2D eigenvalue weighted by molar-refractivity contribution is 7.22. The van der Waals surface area contributed by atoms with Crippen molar-refractivity contribution in [3.63, 3.8) is 0 Å². The molecule has 12 heteroatoms. The SMILES string of the molecule is CCN(CC)CCN(C(=O)Cn1cnc2c1c(=O)n(C)c(=O)n2C)c1nc2c(OC)ccc(C)c2s1. The number of aromatic nitrogens is 5. The summed E-state index contributed by atoms with van der Waals surface area (Å²) in [5, 5.41) is 0.569. The van der Waals surface area contributed by atoms with Crippen LogP contribution in [0.25, 0.3) is 21.4 Å². The zero-order chi connectivity index (χ0) is 26.1. The van der Waals surface area contributed by atoms with Crippen molar-refractivity contribution in [2.45, 2.75) is 27.3 Å². The molecule has 1 aromatic carbocycles. The Bertz CT molecular complexity index is 1540. The maximum atomic E-state index is 13.7. The van der Waals surface area contributed by atoms with E-state index in [1.165, 1.54) is 33.8 Å². The number of benzene rings is 1. The Balaban J connectivity index is 1.76. The van der Waals surface area contributed by atoms with Gasteiger partial charge in [0, 0.05) is 27.2 Å². The monoisotopic (exact) mass is 513 g/mol. The minimum absolute atomic E-state index is 0.117. The number of fused-ring (bicyclic) bond motifs is 2. The Morgan fingerprint density at radius 2 is 1.83 bits per heavy atom. The van der Waals surface area contributed by atoms with Crippen molar-refractivity contribution in [3.8, 4) is 5.75 Å². The molecule has 0 saturated heterocycles. The van der Waals surface area contributed by atoms with Crippen LogP contribution in [-0.4, -0.2) is 67.8 Å². The Morgan fingerprint density at radius 1 is 1.11 bits per heavy atom. The summed E-state index contributed by atoms with van der Waals surface area (Å²) in [6.45, 7) is 8.88. The number of amides is 1. The number of carbonyl (C=O) groups is 1. The first-order valence-corrected chi connectivity index (χ1v) is 12.6. The molecular formula is C24H31N7O4S. The van der Waals surface area contributed by atoms with E-state index < -0.39 is 11.2 Å². The molecule has 0 unspecified atom stereocenters. The minimum atomic E-state index is -0.492. The van der Waals surface area contributed by atoms with Crippen molar-refractivity contribution < 1.29 is 9.53 Å². The first-order valence-electron chi connectivity index (χ1n) is 11.8. The molecule has 11 nitrogen and oxygen atoms in total. The second-order valence-corrected chi connectivity index (χ2v) is 9.56. The summed E-state index contributed by atoms with van der Waals surface area (Å²) in [6, 6.07) is 3.85. The van der Waals surface area contributed by atoms with Crippen molar-refractivity contribution in [2.75, 3.05) is 38.2 Å². The topological polar surface area (TPSA) is 107 Å². The van der Waals surface area contributed by atoms with Crippen molar-refractivity contribution >= 4 is 43.8 Å². The average Bonchev–Trinajstić information content (AvgIpc) is 3.50. The van der Waals surface area contributed by atoms with E-state index in [0.717, 1.165) is 33.4 Å². The fourth-order valence-corrected chi connectivity index (χ4v) is 5.33. The van der Waals surface area contributed by atoms with Gasteiger partial charge in [-0.3, -0.25) is 23.6 Å². The standard InChI is InChI=1S/C24H31N7O4S/c1-7-29(8-2)11-12-31(23-26-18-16(35-6)10-9-15(3)20(18)36-23)17(32)13-30-14-25-21-19(30)22(33)28(5)24(34)27(21)4/h9-10,14H,7-8,11-13H2,1-6H3. The van der Waals surface area contributed by atoms with E-state index in [-0.39, 0.29) is 23.6 Å². The summed E-state index contributed by atoms with van der Waals surface area (Å²) in [4.78, 5) is 51.8. The van der Waals surface area contributed by atoms with Gasteiger partial charge >= 0.3 is 5.69 Å². The highest BCUT2D eigenvalue weighted by Gasteiger charge is 2.24. The first-order chi connectivity index (χ1) is 17.2. The zero-order valence-corrected chi connectivity index (χ0v) is 22.3. The van der Waals surface area contributed by atoms with E-state index in [1.807, 2.05) is 19.1 Å². The fraction of sp³-hybridized carbons (Fsp3) is 0.458. The number of carbonyl (C=O) groups excluding carboxylic acids is 1. The van der Waals surface area contributed by atoms with E-state index in [9.17, 15) is 14.4 Å². The van der Waals surface area contributed by atoms with E-state index in [0.29, 0.717) is 24.0 Å². The average molecular weight is 514 g/mol. The second kappa shape index (κ2) is 10.2. The van der Waals surface area contributed by atoms with Crippen molar-refractivity contribution in [3.05, 3.63) is 44.9 Å². The number of hydrogen-bond donors (Lipinski definition) is 0. The van der Waals surface area contributed by atoms with Gasteiger partial charge in [-0.2, -0.15) is 0 Å². The molecule has 0 bridgehead atoms. The molecule has 0 aliphatic rings. The predicted octanol–water partition coefficient (Wildman–Crippen LogP) is 1.74. The van der Waals surface area contributed by atoms with Gasteiger partial charge in [0.05, 0.1) is 18.1 Å². The zero-order valence-electron chi connectivity index (χ0n) is 21.4. The van der Waals surface area contributed by atoms with E-state index in [1.54, 1.807) is 19.1 Å². The molecule has 3 aromatic heterocycles. The first kappa shape index (κ1) is 25.6. The molecule has 0 saturated carbocycles. The van der Waals surface area contributed by atoms with Crippen LogP contribution < -0.4 is 20.9 Å². The molecule has 0 spiro atoms. The van der Waals surface area contributed by atoms with Crippen LogP contribution in [0.5, 0.6) is 5.75 Å². The predicted molar refractivity (Wildman–Crippen MR) is 141 cm³/mol. The van der Waals surface area contributed by atoms with E-state index >= 15 is 0 Å². The Labute approximate surface area is 212 Å². The Morgan fingerprint density at radius 3 is 2.50 bits per heavy atom. The quantitative estimate of drug-likeness (QED) is 0.335. The lowest BCUT2D eigenvalue weighted by molar-refractivity contribution is -0.119. The van der Waals surface area contributed by atoms with Gasteiger partial charge in [-0.15, -0.1) is 0 Å². The number of thiazole rings is 1. The molecule has 4 rings (SSSR count). The number of ether oxygens (including phenoxy) is 1. The molecule has 0 radical (unpaired) electrons. The number of rotatable bonds is 9. The molecule has 36 heavy (non-hydrogen) atoms. The third-order valence-corrected chi connectivity index (χ3v) is 7.71. The second-order valence-electron chi connectivity index (χ2n) is 8.58. The van der Waals surface area contributed by atoms with Crippen LogP contribution in [0.15, 0.2) is 28.0 Å². The molecule has 4 aromatic rings. The van der Waals surface area contributed by atoms with Crippen LogP contribution in [0.3, 0.4) is 0 Å². The maximum Gasteiger partial charge on any atom is 0.332 e. The smallest absolute Gasteiger partial charge is 0.332 e. The van der Waals surface area contributed by atoms with Gasteiger partial charge in [0.25, 0.3) is 5.56 Å². The molecule has 0 N–H and O–H groups in total. The molecule has 1 amide bonds. The molecule has 3 heterocycles. The van der Waals surface area contributed by atoms with Crippen LogP contribution in [0.4, 0.5) is 5.13 Å². The van der Waals surface area contributed by atoms with E-state index in [4.69, 9.17) is 9.72 Å². The summed E-state index contributed by atoms with van der Waals surface area (Å²) < 4.78 is 10.3. The summed E-state index contributed by atoms with van der Waals surface area (Å²) in [7, 11) is 4.57. The highest BCUT2D eigenvalue weighted by Crippen LogP contribution is 2.36. The Hall–Kier alpha value is -3.51. The number of hydrogen-bond acceptors (Lipinski definition) is 8. The van der Waals surface area contributed by atoms with Gasteiger partial charge in [-0.1, -0.05) is 31.3 Å². The third kappa shape index (κ3) is 4.42. The number of anilines is 1. The van der Waals surface area contributed by atoms with Crippen LogP contribution >= 0.6 is 11.3 Å². The van der Waals surface area contributed by atoms with E-state index in [2.05, 4.69) is 23.7 Å². The normalized spacial score (nSPS) is 11.6. The van der Waals surface area contributed by atoms with Gasteiger partial charge < -0.3 is 14.2 Å². The lowest BCUT2D eigenvalue weighted by atomic mass is 10.2. The van der Waals surface area contributed by atoms with Crippen LogP contribution in [0, 0.1) is 6.92 Å². The summed E-state index contributed by atoms with van der Waals surface area (Å²) >= 11 is 1.44. The summed E-state index contributed by atoms with van der Waals surface area (Å²) in [5.41, 5.74) is 1.26. The minimum Gasteiger partial charge on any atom is -0.494 e. The van der Waals surface area contributed by atoms with Crippen LogP contribution in [0.1, 0.15) is 19.4 Å². The molecule has 0 aliphatic heterocycles. The Kier molecular flexibility index (Phi) is 7.27. The number of aryl methyl sites for hydroxylation is 2. The van der Waals surface area contributed by atoms with Gasteiger partial charge in [-0.05, 0) is 31.6 Å². The summed E-state index contributed by atoms with van der Waals surface area (Å²) in [5.74, 6) is 0.423. The lowest BCUT2D eigenvalue weighted by Crippen LogP contribution is -2.41. The fourth-order valence-electron chi connectivity index (χ4n) is 4.23. The molecule has 0 aliphatic carbocycles. The molecule has 0 fully saturated rings. The molecular weight excluding hydrogens is 482 g/mol. The largest absolute Gasteiger partial charge is 0.494 e. The number of nitrogens with zero attached hydrogens (tertiary/aromatic N) is 7. The number of imidazole rings is 1. The molecule has 192 valence electrons. The lowest BCUT2D eigenvalue weighted by Gasteiger charge is -2.25. The van der Waals surface area contributed by atoms with Gasteiger partial charge in [0.2, 0.25) is 5.91 Å². The van der Waals surface area contributed by atoms with Crippen molar-refractivity contribution in [1.82, 2.24) is 28.6 Å². The van der Waals surface area contributed by atoms with Gasteiger partial charge in [-0.25, -0.2) is 14.8 Å². The van der Waals surface area contributed by atoms with Gasteiger partial charge in [0.15, 0.2) is 16.3 Å². The van der Waals surface area contributed by atoms with Crippen molar-refractivity contribution in [2.24, 2.45) is 14.1 Å². The molecule has 0 atom stereocenters. The van der Waals surface area contributed by atoms with Crippen LogP contribution in [0.2, 0.25) is 0 Å². The summed E-state index contributed by atoms with van der Waals surface area (Å²) in [6.07, 6.45) is 1.43. The third-order valence-electron chi connectivity index (χ3n) is 6.50. The van der Waals surface area contributed by atoms with Gasteiger partial charge in [0.1, 0.15) is 17.8 Å². The van der Waals surface area contributed by atoms with Crippen LogP contribution in [-0.2, 0) is 25.4 Å². The van der Waals surface area contributed by atoms with Crippen molar-refractivity contribution in [1.29, 1.82) is 0 Å². The highest BCUT2D eigenvalue weighted by atomic mass is 32.1. The maximum absolute atomic E-state index is 13.7. The number of methoxy groups -OCH3 is 1.